The van der Waals surface area contributed by atoms with E-state index in [1.54, 1.807) is 0 Å². The normalized spacial score (nSPS) is 22.1. The first kappa shape index (κ1) is 15.9. The fourth-order valence-corrected chi connectivity index (χ4v) is 3.80. The zero-order valence-electron chi connectivity index (χ0n) is 14.1. The fourth-order valence-electron chi connectivity index (χ4n) is 3.80. The summed E-state index contributed by atoms with van der Waals surface area (Å²) in [4.78, 5) is 14.9. The first-order valence-corrected chi connectivity index (χ1v) is 8.73. The van der Waals surface area contributed by atoms with Gasteiger partial charge in [-0.1, -0.05) is 48.5 Å². The van der Waals surface area contributed by atoms with Gasteiger partial charge < -0.3 is 15.4 Å². The Labute approximate surface area is 147 Å². The van der Waals surface area contributed by atoms with Gasteiger partial charge in [0.25, 0.3) is 5.91 Å². The Morgan fingerprint density at radius 1 is 1.08 bits per heavy atom. The molecule has 1 saturated heterocycles. The van der Waals surface area contributed by atoms with E-state index in [4.69, 9.17) is 10.5 Å². The van der Waals surface area contributed by atoms with Crippen molar-refractivity contribution < 1.29 is 9.53 Å². The second-order valence-electron chi connectivity index (χ2n) is 6.72. The predicted octanol–water partition coefficient (Wildman–Crippen LogP) is 2.66. The van der Waals surface area contributed by atoms with Gasteiger partial charge in [0.2, 0.25) is 0 Å². The van der Waals surface area contributed by atoms with E-state index in [9.17, 15) is 4.79 Å². The monoisotopic (exact) mass is 334 g/mol. The van der Waals surface area contributed by atoms with E-state index in [1.807, 2.05) is 53.4 Å². The highest BCUT2D eigenvalue weighted by Gasteiger charge is 2.36. The van der Waals surface area contributed by atoms with Crippen LogP contribution in [0.2, 0.25) is 0 Å². The number of benzene rings is 2. The van der Waals surface area contributed by atoms with Crippen molar-refractivity contribution in [3.8, 4) is 5.75 Å². The number of hydrogen-bond acceptors (Lipinski definition) is 3. The largest absolute Gasteiger partial charge is 0.488 e. The van der Waals surface area contributed by atoms with Crippen LogP contribution in [0.25, 0.3) is 6.08 Å². The lowest BCUT2D eigenvalue weighted by atomic mass is 9.89. The van der Waals surface area contributed by atoms with Gasteiger partial charge in [0, 0.05) is 24.6 Å². The van der Waals surface area contributed by atoms with Crippen molar-refractivity contribution in [2.75, 3.05) is 26.2 Å². The first-order chi connectivity index (χ1) is 12.3. The van der Waals surface area contributed by atoms with Crippen LogP contribution in [-0.2, 0) is 4.79 Å². The third-order valence-corrected chi connectivity index (χ3v) is 5.17. The van der Waals surface area contributed by atoms with E-state index in [1.165, 1.54) is 5.56 Å². The molecule has 4 rings (SSSR count). The Bertz CT molecular complexity index is 801. The minimum Gasteiger partial charge on any atom is -0.488 e. The van der Waals surface area contributed by atoms with Gasteiger partial charge in [0.1, 0.15) is 12.4 Å². The molecule has 25 heavy (non-hydrogen) atoms. The molecule has 2 aromatic rings. The standard InChI is InChI=1S/C21H22N2O2/c22-11-18-12-23(13-19(18)15-6-2-1-3-7-15)21(24)17-10-16-8-4-5-9-20(16)25-14-17/h1-10,18-19H,11-14,22H2/t18-,19+/m1/s1. The number of likely N-dealkylation sites (tertiary alicyclic amines) is 1. The number of rotatable bonds is 3. The molecule has 2 aliphatic rings. The number of carbonyl (C=O) groups excluding carboxylic acids is 1. The number of fused-ring (bicyclic) bond motifs is 1. The van der Waals surface area contributed by atoms with Crippen molar-refractivity contribution >= 4 is 12.0 Å². The quantitative estimate of drug-likeness (QED) is 0.939. The van der Waals surface area contributed by atoms with Gasteiger partial charge in [-0.3, -0.25) is 4.79 Å². The van der Waals surface area contributed by atoms with Crippen LogP contribution in [0.3, 0.4) is 0 Å². The summed E-state index contributed by atoms with van der Waals surface area (Å²) in [6, 6.07) is 18.2. The number of amides is 1. The summed E-state index contributed by atoms with van der Waals surface area (Å²) in [5, 5.41) is 0. The summed E-state index contributed by atoms with van der Waals surface area (Å²) in [6.45, 7) is 2.33. The molecule has 0 unspecified atom stereocenters. The third-order valence-electron chi connectivity index (χ3n) is 5.17. The van der Waals surface area contributed by atoms with Crippen LogP contribution < -0.4 is 10.5 Å². The number of ether oxygens (including phenoxy) is 1. The van der Waals surface area contributed by atoms with E-state index in [-0.39, 0.29) is 5.91 Å². The summed E-state index contributed by atoms with van der Waals surface area (Å²) in [6.07, 6.45) is 1.95. The van der Waals surface area contributed by atoms with E-state index < -0.39 is 0 Å². The number of carbonyl (C=O) groups is 1. The molecule has 2 aliphatic heterocycles. The second kappa shape index (κ2) is 6.73. The molecular weight excluding hydrogens is 312 g/mol. The van der Waals surface area contributed by atoms with Crippen LogP contribution in [-0.4, -0.2) is 37.0 Å². The summed E-state index contributed by atoms with van der Waals surface area (Å²) >= 11 is 0. The predicted molar refractivity (Wildman–Crippen MR) is 98.2 cm³/mol. The molecule has 0 aromatic heterocycles. The molecule has 0 spiro atoms. The molecular formula is C21H22N2O2. The van der Waals surface area contributed by atoms with Gasteiger partial charge in [-0.05, 0) is 30.2 Å². The number of nitrogens with two attached hydrogens (primary N) is 1. The van der Waals surface area contributed by atoms with Gasteiger partial charge in [0.15, 0.2) is 0 Å². The molecule has 1 amide bonds. The van der Waals surface area contributed by atoms with Crippen molar-refractivity contribution in [1.29, 1.82) is 0 Å². The summed E-state index contributed by atoms with van der Waals surface area (Å²) in [7, 11) is 0. The fraction of sp³-hybridized carbons (Fsp3) is 0.286. The topological polar surface area (TPSA) is 55.6 Å². The molecule has 4 heteroatoms. The lowest BCUT2D eigenvalue weighted by Crippen LogP contribution is -2.33. The van der Waals surface area contributed by atoms with Crippen LogP contribution in [0.1, 0.15) is 17.0 Å². The lowest BCUT2D eigenvalue weighted by Gasteiger charge is -2.22. The van der Waals surface area contributed by atoms with Crippen LogP contribution in [0, 0.1) is 5.92 Å². The molecule has 0 saturated carbocycles. The van der Waals surface area contributed by atoms with E-state index in [0.29, 0.717) is 43.7 Å². The molecule has 2 aromatic carbocycles. The molecule has 0 bridgehead atoms. The molecule has 128 valence electrons. The lowest BCUT2D eigenvalue weighted by molar-refractivity contribution is -0.126. The third kappa shape index (κ3) is 3.05. The zero-order chi connectivity index (χ0) is 17.2. The van der Waals surface area contributed by atoms with Gasteiger partial charge in [-0.15, -0.1) is 0 Å². The second-order valence-corrected chi connectivity index (χ2v) is 6.72. The minimum absolute atomic E-state index is 0.0615. The summed E-state index contributed by atoms with van der Waals surface area (Å²) < 4.78 is 5.74. The average molecular weight is 334 g/mol. The molecule has 2 atom stereocenters. The molecule has 2 N–H and O–H groups in total. The minimum atomic E-state index is 0.0615. The summed E-state index contributed by atoms with van der Waals surface area (Å²) in [5.41, 5.74) is 8.92. The van der Waals surface area contributed by atoms with Crippen molar-refractivity contribution in [1.82, 2.24) is 4.90 Å². The SMILES string of the molecule is NC[C@@H]1CN(C(=O)C2=Cc3ccccc3OC2)C[C@H]1c1ccccc1. The summed E-state index contributed by atoms with van der Waals surface area (Å²) in [5.74, 6) is 1.49. The van der Waals surface area contributed by atoms with E-state index >= 15 is 0 Å². The van der Waals surface area contributed by atoms with Crippen LogP contribution in [0.15, 0.2) is 60.2 Å². The number of para-hydroxylation sites is 1. The Morgan fingerprint density at radius 3 is 2.64 bits per heavy atom. The Morgan fingerprint density at radius 2 is 1.84 bits per heavy atom. The molecule has 4 nitrogen and oxygen atoms in total. The maximum atomic E-state index is 13.0. The Hall–Kier alpha value is -2.59. The van der Waals surface area contributed by atoms with Crippen molar-refractivity contribution in [3.05, 3.63) is 71.3 Å². The Balaban J connectivity index is 1.55. The Kier molecular flexibility index (Phi) is 4.28. The van der Waals surface area contributed by atoms with Crippen molar-refractivity contribution in [3.63, 3.8) is 0 Å². The average Bonchev–Trinajstić information content (AvgIpc) is 3.12. The highest BCUT2D eigenvalue weighted by molar-refractivity contribution is 5.99. The van der Waals surface area contributed by atoms with Gasteiger partial charge in [0.05, 0.1) is 5.57 Å². The zero-order valence-corrected chi connectivity index (χ0v) is 14.1. The molecule has 1 fully saturated rings. The van der Waals surface area contributed by atoms with Crippen molar-refractivity contribution in [2.45, 2.75) is 5.92 Å². The van der Waals surface area contributed by atoms with E-state index in [2.05, 4.69) is 12.1 Å². The van der Waals surface area contributed by atoms with E-state index in [0.717, 1.165) is 11.3 Å². The molecule has 2 heterocycles. The first-order valence-electron chi connectivity index (χ1n) is 8.73. The van der Waals surface area contributed by atoms with Gasteiger partial charge in [-0.2, -0.15) is 0 Å². The smallest absolute Gasteiger partial charge is 0.253 e. The van der Waals surface area contributed by atoms with Crippen molar-refractivity contribution in [2.24, 2.45) is 11.7 Å². The van der Waals surface area contributed by atoms with Crippen LogP contribution in [0.4, 0.5) is 0 Å². The molecule has 0 aliphatic carbocycles. The van der Waals surface area contributed by atoms with Gasteiger partial charge >= 0.3 is 0 Å². The van der Waals surface area contributed by atoms with Gasteiger partial charge in [-0.25, -0.2) is 0 Å². The highest BCUT2D eigenvalue weighted by atomic mass is 16.5. The van der Waals surface area contributed by atoms with Crippen LogP contribution in [0.5, 0.6) is 5.75 Å². The highest BCUT2D eigenvalue weighted by Crippen LogP contribution is 2.34. The number of nitrogens with zero attached hydrogens (tertiary/aromatic N) is 1. The maximum Gasteiger partial charge on any atom is 0.253 e. The maximum absolute atomic E-state index is 13.0. The number of hydrogen-bond donors (Lipinski definition) is 1. The van der Waals surface area contributed by atoms with Crippen LogP contribution >= 0.6 is 0 Å². The molecule has 0 radical (unpaired) electrons.